The summed E-state index contributed by atoms with van der Waals surface area (Å²) in [7, 11) is -4.06. The Morgan fingerprint density at radius 3 is 2.11 bits per heavy atom. The first-order chi connectivity index (χ1) is 13.4. The summed E-state index contributed by atoms with van der Waals surface area (Å²) in [5.41, 5.74) is 2.76. The summed E-state index contributed by atoms with van der Waals surface area (Å²) in [4.78, 5) is 11.6. The van der Waals surface area contributed by atoms with Gasteiger partial charge in [0.1, 0.15) is 0 Å². The third kappa shape index (κ3) is 3.15. The maximum atomic E-state index is 13.2. The van der Waals surface area contributed by atoms with Crippen LogP contribution in [0.25, 0.3) is 11.1 Å². The molecule has 1 aliphatic rings. The number of para-hydroxylation sites is 1. The number of carboxylic acids is 1. The van der Waals surface area contributed by atoms with Gasteiger partial charge in [-0.3, -0.25) is 4.31 Å². The first-order valence-corrected chi connectivity index (χ1v) is 10.4. The van der Waals surface area contributed by atoms with Crippen molar-refractivity contribution in [3.05, 3.63) is 83.4 Å². The van der Waals surface area contributed by atoms with Crippen LogP contribution in [0.1, 0.15) is 5.56 Å². The molecule has 1 aliphatic heterocycles. The zero-order valence-corrected chi connectivity index (χ0v) is 16.2. The number of sulfonamides is 1. The van der Waals surface area contributed by atoms with Gasteiger partial charge in [-0.25, -0.2) is 8.42 Å². The SMILES string of the molecule is O=C([O-])C1Cc2ccccc2N1S(=O)(=O)c1ccc(-c2ccc(Cl)cc2)cc1. The van der Waals surface area contributed by atoms with Crippen molar-refractivity contribution >= 4 is 33.3 Å². The van der Waals surface area contributed by atoms with Gasteiger partial charge in [-0.2, -0.15) is 0 Å². The van der Waals surface area contributed by atoms with Crippen LogP contribution >= 0.6 is 11.6 Å². The Morgan fingerprint density at radius 2 is 1.50 bits per heavy atom. The summed E-state index contributed by atoms with van der Waals surface area (Å²) in [6.07, 6.45) is 0.0839. The van der Waals surface area contributed by atoms with Gasteiger partial charge in [0.25, 0.3) is 10.0 Å². The standard InChI is InChI=1S/C21H16ClNO4S/c22-17-9-5-14(6-10-17)15-7-11-18(12-8-15)28(26,27)23-19-4-2-1-3-16(19)13-20(23)21(24)25/h1-12,20H,13H2,(H,24,25)/p-1. The van der Waals surface area contributed by atoms with Gasteiger partial charge in [0.2, 0.25) is 0 Å². The van der Waals surface area contributed by atoms with E-state index in [2.05, 4.69) is 0 Å². The van der Waals surface area contributed by atoms with E-state index >= 15 is 0 Å². The highest BCUT2D eigenvalue weighted by Gasteiger charge is 2.39. The quantitative estimate of drug-likeness (QED) is 0.660. The lowest BCUT2D eigenvalue weighted by Gasteiger charge is -2.27. The molecule has 1 heterocycles. The molecule has 5 nitrogen and oxygen atoms in total. The fourth-order valence-electron chi connectivity index (χ4n) is 3.41. The molecule has 28 heavy (non-hydrogen) atoms. The molecule has 1 atom stereocenters. The van der Waals surface area contributed by atoms with Crippen molar-refractivity contribution in [2.24, 2.45) is 0 Å². The minimum absolute atomic E-state index is 0.0215. The number of carboxylic acid groups (broad SMARTS) is 1. The van der Waals surface area contributed by atoms with E-state index in [1.54, 1.807) is 48.5 Å². The maximum Gasteiger partial charge on any atom is 0.264 e. The Morgan fingerprint density at radius 1 is 0.929 bits per heavy atom. The second-order valence-corrected chi connectivity index (χ2v) is 8.75. The second kappa shape index (κ2) is 6.96. The zero-order valence-electron chi connectivity index (χ0n) is 14.6. The average Bonchev–Trinajstić information content (AvgIpc) is 3.09. The van der Waals surface area contributed by atoms with Crippen LogP contribution in [-0.2, 0) is 21.2 Å². The highest BCUT2D eigenvalue weighted by molar-refractivity contribution is 7.93. The Labute approximate surface area is 167 Å². The van der Waals surface area contributed by atoms with E-state index in [4.69, 9.17) is 11.6 Å². The smallest absolute Gasteiger partial charge is 0.264 e. The second-order valence-electron chi connectivity index (χ2n) is 6.50. The molecular formula is C21H15ClNO4S-. The molecule has 0 amide bonds. The fraction of sp³-hybridized carbons (Fsp3) is 0.0952. The minimum Gasteiger partial charge on any atom is -0.548 e. The zero-order chi connectivity index (χ0) is 19.9. The Bertz CT molecular complexity index is 1140. The predicted molar refractivity (Wildman–Crippen MR) is 105 cm³/mol. The first-order valence-electron chi connectivity index (χ1n) is 8.57. The van der Waals surface area contributed by atoms with Crippen molar-refractivity contribution in [1.82, 2.24) is 0 Å². The number of anilines is 1. The Balaban J connectivity index is 1.73. The molecule has 0 saturated heterocycles. The molecule has 0 aromatic heterocycles. The number of carbonyl (C=O) groups excluding carboxylic acids is 1. The highest BCUT2D eigenvalue weighted by atomic mass is 35.5. The molecule has 0 saturated carbocycles. The van der Waals surface area contributed by atoms with Crippen LogP contribution in [0.5, 0.6) is 0 Å². The largest absolute Gasteiger partial charge is 0.548 e. The number of halogens is 1. The minimum atomic E-state index is -4.06. The van der Waals surface area contributed by atoms with Gasteiger partial charge in [-0.05, 0) is 47.0 Å². The lowest BCUT2D eigenvalue weighted by molar-refractivity contribution is -0.307. The van der Waals surface area contributed by atoms with Crippen molar-refractivity contribution in [3.63, 3.8) is 0 Å². The van der Waals surface area contributed by atoms with Crippen molar-refractivity contribution < 1.29 is 18.3 Å². The molecule has 142 valence electrons. The van der Waals surface area contributed by atoms with E-state index in [1.165, 1.54) is 12.1 Å². The van der Waals surface area contributed by atoms with Gasteiger partial charge in [0.15, 0.2) is 0 Å². The molecule has 7 heteroatoms. The number of fused-ring (bicyclic) bond motifs is 1. The van der Waals surface area contributed by atoms with E-state index in [1.807, 2.05) is 12.1 Å². The van der Waals surface area contributed by atoms with E-state index in [0.717, 1.165) is 15.4 Å². The number of nitrogens with zero attached hydrogens (tertiary/aromatic N) is 1. The van der Waals surface area contributed by atoms with Gasteiger partial charge in [0.05, 0.1) is 22.6 Å². The van der Waals surface area contributed by atoms with Crippen LogP contribution in [0.2, 0.25) is 5.02 Å². The van der Waals surface area contributed by atoms with Gasteiger partial charge in [-0.1, -0.05) is 54.1 Å². The molecule has 0 bridgehead atoms. The Hall–Kier alpha value is -2.83. The predicted octanol–water partition coefficient (Wildman–Crippen LogP) is 2.88. The van der Waals surface area contributed by atoms with Crippen molar-refractivity contribution in [2.75, 3.05) is 4.31 Å². The molecule has 4 rings (SSSR count). The lowest BCUT2D eigenvalue weighted by Crippen LogP contribution is -2.49. The summed E-state index contributed by atoms with van der Waals surface area (Å²) < 4.78 is 27.4. The maximum absolute atomic E-state index is 13.2. The van der Waals surface area contributed by atoms with Crippen LogP contribution in [0, 0.1) is 0 Å². The summed E-state index contributed by atoms with van der Waals surface area (Å²) >= 11 is 5.90. The van der Waals surface area contributed by atoms with Crippen LogP contribution in [0.4, 0.5) is 5.69 Å². The summed E-state index contributed by atoms with van der Waals surface area (Å²) in [5, 5.41) is 12.2. The van der Waals surface area contributed by atoms with Crippen molar-refractivity contribution in [3.8, 4) is 11.1 Å². The molecule has 0 radical (unpaired) electrons. The van der Waals surface area contributed by atoms with Crippen molar-refractivity contribution in [1.29, 1.82) is 0 Å². The molecule has 0 fully saturated rings. The number of benzene rings is 3. The normalized spacial score (nSPS) is 16.0. The van der Waals surface area contributed by atoms with Gasteiger partial charge in [-0.15, -0.1) is 0 Å². The topological polar surface area (TPSA) is 77.5 Å². The Kier molecular flexibility index (Phi) is 4.61. The monoisotopic (exact) mass is 412 g/mol. The summed E-state index contributed by atoms with van der Waals surface area (Å²) in [5.74, 6) is -1.42. The lowest BCUT2D eigenvalue weighted by atomic mass is 10.1. The molecule has 1 unspecified atom stereocenters. The van der Waals surface area contributed by atoms with Crippen LogP contribution < -0.4 is 9.41 Å². The number of rotatable bonds is 4. The van der Waals surface area contributed by atoms with Crippen LogP contribution in [0.15, 0.2) is 77.7 Å². The first kappa shape index (κ1) is 18.5. The third-order valence-corrected chi connectivity index (χ3v) is 6.88. The summed E-state index contributed by atoms with van der Waals surface area (Å²) in [6, 6.07) is 19.0. The molecule has 0 N–H and O–H groups in total. The number of aliphatic carboxylic acids is 1. The molecule has 3 aromatic rings. The number of hydrogen-bond donors (Lipinski definition) is 0. The van der Waals surface area contributed by atoms with E-state index < -0.39 is 22.0 Å². The fourth-order valence-corrected chi connectivity index (χ4v) is 5.17. The van der Waals surface area contributed by atoms with Gasteiger partial charge >= 0.3 is 0 Å². The van der Waals surface area contributed by atoms with E-state index in [-0.39, 0.29) is 11.3 Å². The number of carbonyl (C=O) groups is 1. The third-order valence-electron chi connectivity index (χ3n) is 4.79. The molecule has 0 spiro atoms. The highest BCUT2D eigenvalue weighted by Crippen LogP contribution is 2.37. The molecule has 0 aliphatic carbocycles. The average molecular weight is 413 g/mol. The number of hydrogen-bond acceptors (Lipinski definition) is 4. The van der Waals surface area contributed by atoms with Gasteiger partial charge in [0, 0.05) is 11.4 Å². The van der Waals surface area contributed by atoms with Crippen LogP contribution in [0.3, 0.4) is 0 Å². The van der Waals surface area contributed by atoms with E-state index in [9.17, 15) is 18.3 Å². The van der Waals surface area contributed by atoms with Crippen molar-refractivity contribution in [2.45, 2.75) is 17.4 Å². The molecular weight excluding hydrogens is 398 g/mol. The van der Waals surface area contributed by atoms with Gasteiger partial charge < -0.3 is 9.90 Å². The molecule has 3 aromatic carbocycles. The van der Waals surface area contributed by atoms with Crippen LogP contribution in [-0.4, -0.2) is 20.4 Å². The van der Waals surface area contributed by atoms with E-state index in [0.29, 0.717) is 16.3 Å². The summed E-state index contributed by atoms with van der Waals surface area (Å²) in [6.45, 7) is 0.